The van der Waals surface area contributed by atoms with E-state index in [0.717, 1.165) is 16.3 Å². The van der Waals surface area contributed by atoms with Gasteiger partial charge in [-0.1, -0.05) is 18.2 Å². The molecule has 0 unspecified atom stereocenters. The summed E-state index contributed by atoms with van der Waals surface area (Å²) in [6, 6.07) is 15.1. The Labute approximate surface area is 156 Å². The molecule has 2 aromatic carbocycles. The van der Waals surface area contributed by atoms with Crippen molar-refractivity contribution in [2.24, 2.45) is 0 Å². The second-order valence-corrected chi connectivity index (χ2v) is 6.30. The maximum absolute atomic E-state index is 12.4. The molecule has 0 saturated heterocycles. The van der Waals surface area contributed by atoms with Crippen LogP contribution in [0.3, 0.4) is 0 Å². The van der Waals surface area contributed by atoms with E-state index in [-0.39, 0.29) is 5.91 Å². The van der Waals surface area contributed by atoms with Crippen LogP contribution in [0, 0.1) is 0 Å². The molecule has 0 radical (unpaired) electrons. The van der Waals surface area contributed by atoms with Crippen LogP contribution < -0.4 is 19.9 Å². The van der Waals surface area contributed by atoms with Crippen LogP contribution in [0.5, 0.6) is 11.5 Å². The summed E-state index contributed by atoms with van der Waals surface area (Å²) < 4.78 is 10.6. The third-order valence-corrected chi connectivity index (χ3v) is 4.67. The predicted molar refractivity (Wildman–Crippen MR) is 103 cm³/mol. The van der Waals surface area contributed by atoms with Crippen LogP contribution in [-0.4, -0.2) is 32.2 Å². The van der Waals surface area contributed by atoms with Gasteiger partial charge in [-0.2, -0.15) is 0 Å². The smallest absolute Gasteiger partial charge is 0.289 e. The monoisotopic (exact) mass is 369 g/mol. The summed E-state index contributed by atoms with van der Waals surface area (Å²) in [6.07, 6.45) is 0. The van der Waals surface area contributed by atoms with Gasteiger partial charge in [-0.05, 0) is 30.3 Å². The summed E-state index contributed by atoms with van der Waals surface area (Å²) in [4.78, 5) is 16.9. The van der Waals surface area contributed by atoms with Gasteiger partial charge in [0, 0.05) is 18.0 Å². The zero-order chi connectivity index (χ0) is 18.5. The topological polar surface area (TPSA) is 63.7 Å². The first kappa shape index (κ1) is 17.8. The summed E-state index contributed by atoms with van der Waals surface area (Å²) in [5, 5.41) is 4.14. The zero-order valence-electron chi connectivity index (χ0n) is 14.7. The first-order valence-electron chi connectivity index (χ1n) is 7.90. The maximum atomic E-state index is 12.4. The van der Waals surface area contributed by atoms with Crippen LogP contribution in [0.15, 0.2) is 53.9 Å². The fraction of sp³-hybridized carbons (Fsp3) is 0.158. The van der Waals surface area contributed by atoms with E-state index >= 15 is 0 Å². The van der Waals surface area contributed by atoms with E-state index in [1.54, 1.807) is 31.7 Å². The lowest BCUT2D eigenvalue weighted by Gasteiger charge is -2.19. The first-order chi connectivity index (χ1) is 12.6. The fourth-order valence-electron chi connectivity index (χ4n) is 2.41. The van der Waals surface area contributed by atoms with Gasteiger partial charge in [-0.15, -0.1) is 11.3 Å². The number of thiazole rings is 1. The van der Waals surface area contributed by atoms with E-state index in [1.807, 2.05) is 48.5 Å². The zero-order valence-corrected chi connectivity index (χ0v) is 15.5. The minimum Gasteiger partial charge on any atom is -0.493 e. The van der Waals surface area contributed by atoms with Gasteiger partial charge in [0.25, 0.3) is 5.91 Å². The number of nitrogens with one attached hydrogen (secondary N) is 1. The van der Waals surface area contributed by atoms with Gasteiger partial charge in [-0.25, -0.2) is 4.98 Å². The Morgan fingerprint density at radius 3 is 2.50 bits per heavy atom. The van der Waals surface area contributed by atoms with Crippen molar-refractivity contribution in [3.63, 3.8) is 0 Å². The first-order valence-corrected chi connectivity index (χ1v) is 8.78. The van der Waals surface area contributed by atoms with Crippen molar-refractivity contribution in [2.45, 2.75) is 0 Å². The quantitative estimate of drug-likeness (QED) is 0.673. The minimum absolute atomic E-state index is 0.265. The van der Waals surface area contributed by atoms with E-state index in [0.29, 0.717) is 17.2 Å². The van der Waals surface area contributed by atoms with E-state index in [2.05, 4.69) is 10.4 Å². The highest BCUT2D eigenvalue weighted by atomic mass is 32.1. The fourth-order valence-corrected chi connectivity index (χ4v) is 3.20. The molecule has 0 aliphatic heterocycles. The number of carbonyl (C=O) groups excluding carboxylic acids is 1. The number of carbonyl (C=O) groups is 1. The van der Waals surface area contributed by atoms with Gasteiger partial charge in [0.2, 0.25) is 0 Å². The maximum Gasteiger partial charge on any atom is 0.289 e. The van der Waals surface area contributed by atoms with Crippen LogP contribution in [0.25, 0.3) is 10.6 Å². The number of amides is 1. The van der Waals surface area contributed by atoms with Crippen LogP contribution in [0.4, 0.5) is 5.69 Å². The van der Waals surface area contributed by atoms with Crippen molar-refractivity contribution in [2.75, 3.05) is 26.3 Å². The van der Waals surface area contributed by atoms with Crippen LogP contribution in [0.1, 0.15) is 10.5 Å². The van der Waals surface area contributed by atoms with Crippen molar-refractivity contribution < 1.29 is 14.3 Å². The van der Waals surface area contributed by atoms with E-state index in [4.69, 9.17) is 9.47 Å². The van der Waals surface area contributed by atoms with Crippen LogP contribution in [0.2, 0.25) is 0 Å². The van der Waals surface area contributed by atoms with Crippen molar-refractivity contribution in [1.82, 2.24) is 10.4 Å². The van der Waals surface area contributed by atoms with Crippen LogP contribution >= 0.6 is 11.3 Å². The number of methoxy groups -OCH3 is 2. The Bertz CT molecular complexity index is 896. The number of para-hydroxylation sites is 1. The molecule has 0 saturated carbocycles. The molecule has 7 heteroatoms. The number of rotatable bonds is 6. The normalized spacial score (nSPS) is 10.3. The van der Waals surface area contributed by atoms with Crippen LogP contribution in [-0.2, 0) is 0 Å². The molecule has 1 heterocycles. The number of aromatic nitrogens is 1. The largest absolute Gasteiger partial charge is 0.493 e. The molecular formula is C19H19N3O3S. The number of nitrogens with zero attached hydrogens (tertiary/aromatic N) is 2. The lowest BCUT2D eigenvalue weighted by Crippen LogP contribution is -2.39. The number of hydrogen-bond donors (Lipinski definition) is 1. The molecule has 0 aliphatic carbocycles. The molecular weight excluding hydrogens is 350 g/mol. The molecule has 1 aromatic heterocycles. The predicted octanol–water partition coefficient (Wildman–Crippen LogP) is 3.61. The third kappa shape index (κ3) is 3.78. The van der Waals surface area contributed by atoms with Gasteiger partial charge in [-0.3, -0.25) is 15.2 Å². The summed E-state index contributed by atoms with van der Waals surface area (Å²) in [6.45, 7) is 0. The second-order valence-electron chi connectivity index (χ2n) is 5.44. The average molecular weight is 369 g/mol. The van der Waals surface area contributed by atoms with E-state index in [9.17, 15) is 4.79 Å². The third-order valence-electron chi connectivity index (χ3n) is 3.78. The lowest BCUT2D eigenvalue weighted by atomic mass is 10.2. The Kier molecular flexibility index (Phi) is 5.38. The number of anilines is 1. The lowest BCUT2D eigenvalue weighted by molar-refractivity contribution is 0.0947. The molecule has 1 N–H and O–H groups in total. The van der Waals surface area contributed by atoms with Gasteiger partial charge >= 0.3 is 0 Å². The molecule has 0 spiro atoms. The van der Waals surface area contributed by atoms with Crippen molar-refractivity contribution in [3.8, 4) is 22.1 Å². The van der Waals surface area contributed by atoms with E-state index < -0.39 is 0 Å². The number of hydrazine groups is 1. The molecule has 3 aromatic rings. The van der Waals surface area contributed by atoms with Gasteiger partial charge in [0.1, 0.15) is 10.7 Å². The standard InChI is InChI=1S/C19H19N3O3S/c1-22(14-7-5-4-6-8-14)21-18(23)15-12-26-19(20-15)13-9-10-16(24-2)17(11-13)25-3/h4-12H,1-3H3,(H,21,23). The molecule has 0 bridgehead atoms. The number of hydrogen-bond acceptors (Lipinski definition) is 6. The SMILES string of the molecule is COc1ccc(-c2nc(C(=O)NN(C)c3ccccc3)cs2)cc1OC. The molecule has 134 valence electrons. The Balaban J connectivity index is 1.76. The number of benzene rings is 2. The summed E-state index contributed by atoms with van der Waals surface area (Å²) in [5.41, 5.74) is 4.92. The summed E-state index contributed by atoms with van der Waals surface area (Å²) >= 11 is 1.40. The molecule has 1 amide bonds. The van der Waals surface area contributed by atoms with E-state index in [1.165, 1.54) is 11.3 Å². The van der Waals surface area contributed by atoms with Crippen molar-refractivity contribution in [1.29, 1.82) is 0 Å². The molecule has 3 rings (SSSR count). The minimum atomic E-state index is -0.265. The molecule has 26 heavy (non-hydrogen) atoms. The highest BCUT2D eigenvalue weighted by Crippen LogP contribution is 2.33. The highest BCUT2D eigenvalue weighted by Gasteiger charge is 2.15. The molecule has 0 aliphatic rings. The summed E-state index contributed by atoms with van der Waals surface area (Å²) in [7, 11) is 4.96. The van der Waals surface area contributed by atoms with Gasteiger partial charge < -0.3 is 9.47 Å². The Morgan fingerprint density at radius 1 is 1.08 bits per heavy atom. The average Bonchev–Trinajstić information content (AvgIpc) is 3.18. The van der Waals surface area contributed by atoms with Gasteiger partial charge in [0.15, 0.2) is 11.5 Å². The number of ether oxygens (including phenoxy) is 2. The second kappa shape index (κ2) is 7.88. The van der Waals surface area contributed by atoms with Crippen molar-refractivity contribution in [3.05, 3.63) is 59.6 Å². The molecule has 0 atom stereocenters. The Hall–Kier alpha value is -3.06. The molecule has 6 nitrogen and oxygen atoms in total. The summed E-state index contributed by atoms with van der Waals surface area (Å²) in [5.74, 6) is 1.00. The Morgan fingerprint density at radius 2 is 1.81 bits per heavy atom. The molecule has 0 fully saturated rings. The highest BCUT2D eigenvalue weighted by molar-refractivity contribution is 7.13. The van der Waals surface area contributed by atoms with Crippen molar-refractivity contribution >= 4 is 22.9 Å². The van der Waals surface area contributed by atoms with Gasteiger partial charge in [0.05, 0.1) is 19.9 Å².